The lowest BCUT2D eigenvalue weighted by Gasteiger charge is -2.13. The molecule has 0 rings (SSSR count). The van der Waals surface area contributed by atoms with Crippen LogP contribution in [0, 0.1) is 0 Å². The quantitative estimate of drug-likeness (QED) is 0.429. The molecule has 0 aromatic rings. The fourth-order valence-corrected chi connectivity index (χ4v) is 0.653. The SMILES string of the molecule is COC(=O)CC(=O)N(C)CC(N)=O. The highest BCUT2D eigenvalue weighted by atomic mass is 16.5. The summed E-state index contributed by atoms with van der Waals surface area (Å²) in [6.45, 7) is -0.199. The molecule has 0 atom stereocenters. The van der Waals surface area contributed by atoms with E-state index in [1.54, 1.807) is 0 Å². The zero-order chi connectivity index (χ0) is 10.4. The summed E-state index contributed by atoms with van der Waals surface area (Å²) in [4.78, 5) is 33.1. The number of ether oxygens (including phenoxy) is 1. The molecule has 6 heteroatoms. The number of hydrogen-bond donors (Lipinski definition) is 1. The van der Waals surface area contributed by atoms with Gasteiger partial charge in [-0.3, -0.25) is 14.4 Å². The van der Waals surface area contributed by atoms with Gasteiger partial charge in [-0.15, -0.1) is 0 Å². The van der Waals surface area contributed by atoms with Crippen molar-refractivity contribution >= 4 is 17.8 Å². The molecule has 2 N–H and O–H groups in total. The van der Waals surface area contributed by atoms with Gasteiger partial charge in [0, 0.05) is 7.05 Å². The summed E-state index contributed by atoms with van der Waals surface area (Å²) in [6.07, 6.45) is -0.375. The van der Waals surface area contributed by atoms with Crippen molar-refractivity contribution in [1.29, 1.82) is 0 Å². The first-order valence-corrected chi connectivity index (χ1v) is 3.56. The van der Waals surface area contributed by atoms with Gasteiger partial charge in [-0.2, -0.15) is 0 Å². The average Bonchev–Trinajstić information content (AvgIpc) is 2.02. The second-order valence-corrected chi connectivity index (χ2v) is 2.47. The molecule has 0 spiro atoms. The number of carbonyl (C=O) groups excluding carboxylic acids is 3. The van der Waals surface area contributed by atoms with Gasteiger partial charge in [0.15, 0.2) is 0 Å². The van der Waals surface area contributed by atoms with Crippen LogP contribution in [-0.2, 0) is 19.1 Å². The third kappa shape index (κ3) is 4.78. The molecule has 0 radical (unpaired) electrons. The van der Waals surface area contributed by atoms with E-state index >= 15 is 0 Å². The molecule has 0 fully saturated rings. The number of hydrogen-bond acceptors (Lipinski definition) is 4. The molecule has 0 aromatic carbocycles. The van der Waals surface area contributed by atoms with Crippen LogP contribution < -0.4 is 5.73 Å². The molecule has 0 aliphatic carbocycles. The van der Waals surface area contributed by atoms with Crippen molar-refractivity contribution in [2.75, 3.05) is 20.7 Å². The van der Waals surface area contributed by atoms with Crippen LogP contribution in [0.15, 0.2) is 0 Å². The molecule has 74 valence electrons. The van der Waals surface area contributed by atoms with Gasteiger partial charge in [-0.05, 0) is 0 Å². The predicted octanol–water partition coefficient (Wildman–Crippen LogP) is -1.51. The van der Waals surface area contributed by atoms with Crippen LogP contribution in [-0.4, -0.2) is 43.4 Å². The molecule has 2 amide bonds. The molecule has 0 aliphatic rings. The number of methoxy groups -OCH3 is 1. The fourth-order valence-electron chi connectivity index (χ4n) is 0.653. The van der Waals surface area contributed by atoms with Gasteiger partial charge in [0.05, 0.1) is 13.7 Å². The van der Waals surface area contributed by atoms with Gasteiger partial charge in [0.1, 0.15) is 6.42 Å². The number of primary amides is 1. The van der Waals surface area contributed by atoms with E-state index in [0.717, 1.165) is 4.90 Å². The van der Waals surface area contributed by atoms with Crippen LogP contribution in [0.5, 0.6) is 0 Å². The Morgan fingerprint density at radius 2 is 1.92 bits per heavy atom. The molecular weight excluding hydrogens is 176 g/mol. The van der Waals surface area contributed by atoms with E-state index in [9.17, 15) is 14.4 Å². The van der Waals surface area contributed by atoms with E-state index in [1.165, 1.54) is 14.2 Å². The number of nitrogens with two attached hydrogens (primary N) is 1. The lowest BCUT2D eigenvalue weighted by Crippen LogP contribution is -2.36. The standard InChI is InChI=1S/C7H12N2O4/c1-9(4-5(8)10)6(11)3-7(12)13-2/h3-4H2,1-2H3,(H2,8,10). The first-order valence-electron chi connectivity index (χ1n) is 3.56. The highest BCUT2D eigenvalue weighted by molar-refractivity contribution is 5.95. The van der Waals surface area contributed by atoms with Crippen molar-refractivity contribution < 1.29 is 19.1 Å². The molecule has 0 saturated carbocycles. The minimum Gasteiger partial charge on any atom is -0.469 e. The summed E-state index contributed by atoms with van der Waals surface area (Å²) < 4.78 is 4.27. The average molecular weight is 188 g/mol. The first kappa shape index (κ1) is 11.4. The number of nitrogens with zero attached hydrogens (tertiary/aromatic N) is 1. The van der Waals surface area contributed by atoms with Crippen LogP contribution in [0.1, 0.15) is 6.42 Å². The third-order valence-corrected chi connectivity index (χ3v) is 1.34. The van der Waals surface area contributed by atoms with Crippen LogP contribution in [0.3, 0.4) is 0 Å². The van der Waals surface area contributed by atoms with E-state index in [0.29, 0.717) is 0 Å². The zero-order valence-electron chi connectivity index (χ0n) is 7.57. The Bertz CT molecular complexity index is 227. The molecule has 0 saturated heterocycles. The number of likely N-dealkylation sites (N-methyl/N-ethyl adjacent to an activating group) is 1. The summed E-state index contributed by atoms with van der Waals surface area (Å²) in [6, 6.07) is 0. The maximum atomic E-state index is 11.1. The molecular formula is C7H12N2O4. The molecule has 0 heterocycles. The van der Waals surface area contributed by atoms with E-state index < -0.39 is 17.8 Å². The molecule has 0 aromatic heterocycles. The Hall–Kier alpha value is -1.59. The number of esters is 1. The molecule has 6 nitrogen and oxygen atoms in total. The number of rotatable bonds is 4. The van der Waals surface area contributed by atoms with Gasteiger partial charge >= 0.3 is 5.97 Å². The summed E-state index contributed by atoms with van der Waals surface area (Å²) in [5, 5.41) is 0. The minimum atomic E-state index is -0.638. The van der Waals surface area contributed by atoms with E-state index in [1.807, 2.05) is 0 Å². The molecule has 0 aliphatic heterocycles. The maximum absolute atomic E-state index is 11.1. The van der Waals surface area contributed by atoms with Gasteiger partial charge in [-0.25, -0.2) is 0 Å². The smallest absolute Gasteiger partial charge is 0.315 e. The van der Waals surface area contributed by atoms with Crippen LogP contribution in [0.2, 0.25) is 0 Å². The Balaban J connectivity index is 3.96. The lowest BCUT2D eigenvalue weighted by atomic mass is 10.3. The topological polar surface area (TPSA) is 89.7 Å². The summed E-state index contributed by atoms with van der Waals surface area (Å²) in [5.74, 6) is -1.76. The van der Waals surface area contributed by atoms with E-state index in [-0.39, 0.29) is 13.0 Å². The lowest BCUT2D eigenvalue weighted by molar-refractivity contribution is -0.147. The second kappa shape index (κ2) is 5.13. The Labute approximate surface area is 75.6 Å². The Morgan fingerprint density at radius 1 is 1.38 bits per heavy atom. The van der Waals surface area contributed by atoms with Crippen LogP contribution in [0.4, 0.5) is 0 Å². The Kier molecular flexibility index (Phi) is 4.50. The van der Waals surface area contributed by atoms with Crippen molar-refractivity contribution in [3.05, 3.63) is 0 Å². The number of amides is 2. The molecule has 0 bridgehead atoms. The maximum Gasteiger partial charge on any atom is 0.315 e. The fraction of sp³-hybridized carbons (Fsp3) is 0.571. The zero-order valence-corrected chi connectivity index (χ0v) is 7.57. The van der Waals surface area contributed by atoms with Gasteiger partial charge in [-0.1, -0.05) is 0 Å². The molecule has 0 unspecified atom stereocenters. The van der Waals surface area contributed by atoms with Gasteiger partial charge in [0.2, 0.25) is 11.8 Å². The van der Waals surface area contributed by atoms with Gasteiger partial charge < -0.3 is 15.4 Å². The normalized spacial score (nSPS) is 9.08. The molecule has 13 heavy (non-hydrogen) atoms. The second-order valence-electron chi connectivity index (χ2n) is 2.47. The van der Waals surface area contributed by atoms with E-state index in [4.69, 9.17) is 5.73 Å². The highest BCUT2D eigenvalue weighted by Gasteiger charge is 2.15. The van der Waals surface area contributed by atoms with Crippen molar-refractivity contribution in [1.82, 2.24) is 4.90 Å². The first-order chi connectivity index (χ1) is 5.97. The minimum absolute atomic E-state index is 0.199. The van der Waals surface area contributed by atoms with Crippen molar-refractivity contribution in [2.45, 2.75) is 6.42 Å². The van der Waals surface area contributed by atoms with Crippen molar-refractivity contribution in [3.63, 3.8) is 0 Å². The monoisotopic (exact) mass is 188 g/mol. The van der Waals surface area contributed by atoms with Crippen molar-refractivity contribution in [2.24, 2.45) is 5.73 Å². The third-order valence-electron chi connectivity index (χ3n) is 1.34. The van der Waals surface area contributed by atoms with E-state index in [2.05, 4.69) is 4.74 Å². The highest BCUT2D eigenvalue weighted by Crippen LogP contribution is 1.91. The van der Waals surface area contributed by atoms with Crippen LogP contribution in [0.25, 0.3) is 0 Å². The summed E-state index contributed by atoms with van der Waals surface area (Å²) in [5.41, 5.74) is 4.85. The largest absolute Gasteiger partial charge is 0.469 e. The Morgan fingerprint density at radius 3 is 2.31 bits per heavy atom. The number of carbonyl (C=O) groups is 3. The predicted molar refractivity (Wildman–Crippen MR) is 43.5 cm³/mol. The summed E-state index contributed by atoms with van der Waals surface area (Å²) >= 11 is 0. The van der Waals surface area contributed by atoms with Crippen molar-refractivity contribution in [3.8, 4) is 0 Å². The van der Waals surface area contributed by atoms with Crippen LogP contribution >= 0.6 is 0 Å². The summed E-state index contributed by atoms with van der Waals surface area (Å²) in [7, 11) is 2.57. The van der Waals surface area contributed by atoms with Gasteiger partial charge in [0.25, 0.3) is 0 Å².